The van der Waals surface area contributed by atoms with Gasteiger partial charge in [-0.25, -0.2) is 4.98 Å². The standard InChI is InChI=1S/C12H13N3S/c13-10-4-1-3-9(7-10)8-16-12-11(14)5-2-6-15-12/h1-7H,8,13-14H2. The third-order valence-electron chi connectivity index (χ3n) is 2.13. The van der Waals surface area contributed by atoms with E-state index in [1.807, 2.05) is 36.4 Å². The van der Waals surface area contributed by atoms with Gasteiger partial charge in [0.25, 0.3) is 0 Å². The molecule has 1 aromatic heterocycles. The van der Waals surface area contributed by atoms with Crippen LogP contribution < -0.4 is 11.5 Å². The van der Waals surface area contributed by atoms with Crippen LogP contribution in [0.15, 0.2) is 47.6 Å². The van der Waals surface area contributed by atoms with E-state index in [9.17, 15) is 0 Å². The Bertz CT molecular complexity index is 485. The zero-order valence-electron chi connectivity index (χ0n) is 8.76. The lowest BCUT2D eigenvalue weighted by molar-refractivity contribution is 1.14. The molecule has 0 unspecified atom stereocenters. The Morgan fingerprint density at radius 1 is 1.12 bits per heavy atom. The van der Waals surface area contributed by atoms with Gasteiger partial charge in [-0.2, -0.15) is 0 Å². The zero-order chi connectivity index (χ0) is 11.4. The molecule has 0 atom stereocenters. The predicted octanol–water partition coefficient (Wildman–Crippen LogP) is 2.54. The fraction of sp³-hybridized carbons (Fsp3) is 0.0833. The van der Waals surface area contributed by atoms with E-state index in [2.05, 4.69) is 4.98 Å². The lowest BCUT2D eigenvalue weighted by atomic mass is 10.2. The molecular formula is C12H13N3S. The van der Waals surface area contributed by atoms with Crippen molar-refractivity contribution in [1.29, 1.82) is 0 Å². The molecule has 0 fully saturated rings. The number of anilines is 2. The molecule has 0 saturated carbocycles. The summed E-state index contributed by atoms with van der Waals surface area (Å²) in [4.78, 5) is 4.22. The lowest BCUT2D eigenvalue weighted by Crippen LogP contribution is -1.92. The fourth-order valence-corrected chi connectivity index (χ4v) is 2.21. The molecule has 0 saturated heterocycles. The summed E-state index contributed by atoms with van der Waals surface area (Å²) in [6.45, 7) is 0. The first-order chi connectivity index (χ1) is 7.75. The fourth-order valence-electron chi connectivity index (χ4n) is 1.36. The molecule has 16 heavy (non-hydrogen) atoms. The molecule has 0 amide bonds. The van der Waals surface area contributed by atoms with Gasteiger partial charge in [0.05, 0.1) is 5.69 Å². The van der Waals surface area contributed by atoms with E-state index < -0.39 is 0 Å². The van der Waals surface area contributed by atoms with Gasteiger partial charge in [-0.3, -0.25) is 0 Å². The number of benzene rings is 1. The molecule has 0 aliphatic carbocycles. The Kier molecular flexibility index (Phi) is 3.31. The predicted molar refractivity (Wildman–Crippen MR) is 69.1 cm³/mol. The monoisotopic (exact) mass is 231 g/mol. The molecule has 4 heteroatoms. The number of hydrogen-bond donors (Lipinski definition) is 2. The van der Waals surface area contributed by atoms with Crippen LogP contribution in [-0.2, 0) is 5.75 Å². The Labute approximate surface area is 98.9 Å². The van der Waals surface area contributed by atoms with Crippen LogP contribution in [0.4, 0.5) is 11.4 Å². The Morgan fingerprint density at radius 2 is 2.00 bits per heavy atom. The van der Waals surface area contributed by atoms with Crippen LogP contribution in [0.3, 0.4) is 0 Å². The molecule has 82 valence electrons. The maximum absolute atomic E-state index is 5.81. The van der Waals surface area contributed by atoms with Gasteiger partial charge in [-0.05, 0) is 29.8 Å². The minimum atomic E-state index is 0.719. The van der Waals surface area contributed by atoms with Crippen molar-refractivity contribution in [3.63, 3.8) is 0 Å². The summed E-state index contributed by atoms with van der Waals surface area (Å²) < 4.78 is 0. The van der Waals surface area contributed by atoms with E-state index in [1.54, 1.807) is 18.0 Å². The number of pyridine rings is 1. The van der Waals surface area contributed by atoms with Crippen LogP contribution in [0.2, 0.25) is 0 Å². The smallest absolute Gasteiger partial charge is 0.119 e. The van der Waals surface area contributed by atoms with E-state index in [-0.39, 0.29) is 0 Å². The average molecular weight is 231 g/mol. The second-order valence-corrected chi connectivity index (χ2v) is 4.40. The summed E-state index contributed by atoms with van der Waals surface area (Å²) in [7, 11) is 0. The summed E-state index contributed by atoms with van der Waals surface area (Å²) in [6.07, 6.45) is 1.75. The topological polar surface area (TPSA) is 64.9 Å². The SMILES string of the molecule is Nc1cccc(CSc2ncccc2N)c1. The number of rotatable bonds is 3. The van der Waals surface area contributed by atoms with Gasteiger partial charge in [0.2, 0.25) is 0 Å². The zero-order valence-corrected chi connectivity index (χ0v) is 9.58. The van der Waals surface area contributed by atoms with E-state index in [1.165, 1.54) is 5.56 Å². The second kappa shape index (κ2) is 4.90. The number of nitrogens with two attached hydrogens (primary N) is 2. The molecule has 0 spiro atoms. The Hall–Kier alpha value is -1.68. The third kappa shape index (κ3) is 2.67. The van der Waals surface area contributed by atoms with Crippen molar-refractivity contribution in [3.05, 3.63) is 48.2 Å². The van der Waals surface area contributed by atoms with E-state index >= 15 is 0 Å². The van der Waals surface area contributed by atoms with Crippen molar-refractivity contribution < 1.29 is 0 Å². The molecule has 0 aliphatic heterocycles. The van der Waals surface area contributed by atoms with Crippen molar-refractivity contribution in [2.45, 2.75) is 10.8 Å². The van der Waals surface area contributed by atoms with Gasteiger partial charge in [0.1, 0.15) is 5.03 Å². The maximum Gasteiger partial charge on any atom is 0.119 e. The quantitative estimate of drug-likeness (QED) is 0.629. The van der Waals surface area contributed by atoms with E-state index in [0.717, 1.165) is 22.2 Å². The third-order valence-corrected chi connectivity index (χ3v) is 3.22. The van der Waals surface area contributed by atoms with E-state index in [4.69, 9.17) is 11.5 Å². The molecular weight excluding hydrogens is 218 g/mol. The molecule has 2 rings (SSSR count). The van der Waals surface area contributed by atoms with Crippen LogP contribution in [0.1, 0.15) is 5.56 Å². The van der Waals surface area contributed by atoms with E-state index in [0.29, 0.717) is 0 Å². The van der Waals surface area contributed by atoms with Crippen LogP contribution >= 0.6 is 11.8 Å². The Balaban J connectivity index is 2.05. The lowest BCUT2D eigenvalue weighted by Gasteiger charge is -2.04. The van der Waals surface area contributed by atoms with Crippen molar-refractivity contribution in [3.8, 4) is 0 Å². The second-order valence-electron chi connectivity index (χ2n) is 3.43. The van der Waals surface area contributed by atoms with Gasteiger partial charge in [-0.1, -0.05) is 23.9 Å². The highest BCUT2D eigenvalue weighted by atomic mass is 32.2. The van der Waals surface area contributed by atoms with Crippen molar-refractivity contribution >= 4 is 23.1 Å². The molecule has 2 aromatic rings. The minimum absolute atomic E-state index is 0.719. The first-order valence-electron chi connectivity index (χ1n) is 4.93. The van der Waals surface area contributed by atoms with Gasteiger partial charge in [0, 0.05) is 17.6 Å². The average Bonchev–Trinajstić information content (AvgIpc) is 2.28. The largest absolute Gasteiger partial charge is 0.399 e. The first kappa shape index (κ1) is 10.8. The number of thioether (sulfide) groups is 1. The summed E-state index contributed by atoms with van der Waals surface area (Å²) in [6, 6.07) is 11.5. The molecule has 0 aliphatic rings. The van der Waals surface area contributed by atoms with Gasteiger partial charge in [-0.15, -0.1) is 0 Å². The number of aromatic nitrogens is 1. The Morgan fingerprint density at radius 3 is 2.75 bits per heavy atom. The maximum atomic E-state index is 5.81. The highest BCUT2D eigenvalue weighted by molar-refractivity contribution is 7.98. The molecule has 1 heterocycles. The highest BCUT2D eigenvalue weighted by Crippen LogP contribution is 2.25. The van der Waals surface area contributed by atoms with Crippen LogP contribution in [0.5, 0.6) is 0 Å². The van der Waals surface area contributed by atoms with Crippen LogP contribution in [-0.4, -0.2) is 4.98 Å². The summed E-state index contributed by atoms with van der Waals surface area (Å²) in [5, 5.41) is 0.866. The molecule has 0 radical (unpaired) electrons. The number of nitrogen functional groups attached to an aromatic ring is 2. The summed E-state index contributed by atoms with van der Waals surface area (Å²) in [5.41, 5.74) is 14.2. The summed E-state index contributed by atoms with van der Waals surface area (Å²) in [5.74, 6) is 0.826. The minimum Gasteiger partial charge on any atom is -0.399 e. The number of hydrogen-bond acceptors (Lipinski definition) is 4. The molecule has 3 nitrogen and oxygen atoms in total. The normalized spacial score (nSPS) is 10.2. The molecule has 1 aromatic carbocycles. The first-order valence-corrected chi connectivity index (χ1v) is 5.92. The summed E-state index contributed by atoms with van der Waals surface area (Å²) >= 11 is 1.62. The molecule has 4 N–H and O–H groups in total. The van der Waals surface area contributed by atoms with Crippen LogP contribution in [0, 0.1) is 0 Å². The number of nitrogens with zero attached hydrogens (tertiary/aromatic N) is 1. The van der Waals surface area contributed by atoms with Gasteiger partial charge >= 0.3 is 0 Å². The highest BCUT2D eigenvalue weighted by Gasteiger charge is 2.01. The van der Waals surface area contributed by atoms with Crippen LogP contribution in [0.25, 0.3) is 0 Å². The van der Waals surface area contributed by atoms with Crippen molar-refractivity contribution in [2.75, 3.05) is 11.5 Å². The van der Waals surface area contributed by atoms with Gasteiger partial charge in [0.15, 0.2) is 0 Å². The van der Waals surface area contributed by atoms with Crippen molar-refractivity contribution in [2.24, 2.45) is 0 Å². The molecule has 0 bridgehead atoms. The van der Waals surface area contributed by atoms with Crippen molar-refractivity contribution in [1.82, 2.24) is 4.98 Å². The van der Waals surface area contributed by atoms with Gasteiger partial charge < -0.3 is 11.5 Å².